The highest BCUT2D eigenvalue weighted by molar-refractivity contribution is 5.24. The first-order valence-electron chi connectivity index (χ1n) is 48.2. The van der Waals surface area contributed by atoms with Crippen molar-refractivity contribution in [2.45, 2.75) is 327 Å². The van der Waals surface area contributed by atoms with Crippen molar-refractivity contribution in [2.24, 2.45) is 170 Å². The molecule has 22 heteroatoms. The molecule has 0 saturated heterocycles. The lowest BCUT2D eigenvalue weighted by Crippen LogP contribution is -2.52. The molecule has 0 radical (unpaired) electrons. The minimum absolute atomic E-state index is 0.333. The molecule has 4 N–H and O–H groups in total. The topological polar surface area (TPSA) is 265 Å². The fourth-order valence-electron chi connectivity index (χ4n) is 33.9. The van der Waals surface area contributed by atoms with Gasteiger partial charge in [0.15, 0.2) is 25.3 Å². The Morgan fingerprint density at radius 3 is 1.00 bits per heavy atom. The van der Waals surface area contributed by atoms with Crippen molar-refractivity contribution in [3.63, 3.8) is 0 Å². The zero-order valence-electron chi connectivity index (χ0n) is 73.4. The second kappa shape index (κ2) is 33.5. The average Bonchev–Trinajstić information content (AvgIpc) is 1.65. The number of alkyl halides is 1. The van der Waals surface area contributed by atoms with Gasteiger partial charge in [0.1, 0.15) is 12.3 Å². The van der Waals surface area contributed by atoms with E-state index in [0.717, 1.165) is 140 Å². The zero-order chi connectivity index (χ0) is 82.6. The fourth-order valence-corrected chi connectivity index (χ4v) is 33.9. The highest BCUT2D eigenvalue weighted by atomic mass is 19.1. The number of aliphatic hydroxyl groups is 4. The Morgan fingerprint density at radius 1 is 0.361 bits per heavy atom. The minimum atomic E-state index is -1.04. The van der Waals surface area contributed by atoms with Gasteiger partial charge in [0, 0.05) is 13.0 Å². The van der Waals surface area contributed by atoms with E-state index >= 15 is 0 Å². The predicted octanol–water partition coefficient (Wildman–Crippen LogP) is 17.0. The minimum Gasteiger partial charge on any atom is -0.390 e. The lowest BCUT2D eigenvalue weighted by Gasteiger charge is -2.57. The van der Waals surface area contributed by atoms with Crippen LogP contribution in [0.5, 0.6) is 0 Å². The van der Waals surface area contributed by atoms with E-state index in [-0.39, 0.29) is 0 Å². The molecule has 0 bridgehead atoms. The van der Waals surface area contributed by atoms with Crippen LogP contribution in [0, 0.1) is 181 Å². The summed E-state index contributed by atoms with van der Waals surface area (Å²) in [5.41, 5.74) is 3.85. The van der Waals surface area contributed by atoms with Gasteiger partial charge in [-0.05, 0) is 435 Å². The van der Waals surface area contributed by atoms with Gasteiger partial charge in [-0.25, -0.2) is 4.39 Å². The quantitative estimate of drug-likeness (QED) is 0.0636. The molecule has 4 aromatic rings. The second-order valence-corrected chi connectivity index (χ2v) is 45.0. The van der Waals surface area contributed by atoms with Crippen LogP contribution < -0.4 is 0 Å². The SMILES string of the molecule is C=C(Cn1ncnn1)[C@H]1CC[C@H]2[C@@H]3CC[C@H]4C[C@@](O)(C#CC5CC5)CC[C@@H]4[C@H]3CC[C@]12C.C=C(Cn1ncnn1)[C@H]1CC[C@H]2[C@@H]3CC[C@H]4C[C@@](O)(CF)CC[C@@H]4[C@H]3CC[C@]12C.C=C(Cn1ncnn1)[C@H]1CC[C@H]2[C@@H]3CC[C@H]4C[C@@](O)(COC)CC[C@@H]4[C@H]3CC[C@]12C.C=C(Cn1ncnn1)[C@H]1CC[C@H]2[C@@H]3CC[C@H]4C[C@](C)(O)CC[C@@H]4[C@H]3CC[C@]12C. The number of halogens is 1. The molecule has 0 aliphatic heterocycles. The molecule has 17 fully saturated rings. The number of tetrazole rings is 4. The maximum absolute atomic E-state index is 13.4. The summed E-state index contributed by atoms with van der Waals surface area (Å²) in [6.07, 6.45) is 51.6. The van der Waals surface area contributed by atoms with Crippen molar-refractivity contribution in [3.8, 4) is 11.8 Å². The molecule has 32 atom stereocenters. The van der Waals surface area contributed by atoms with Crippen LogP contribution in [0.3, 0.4) is 0 Å². The average molecular weight is 1640 g/mol. The van der Waals surface area contributed by atoms with Gasteiger partial charge in [-0.1, -0.05) is 88.1 Å². The van der Waals surface area contributed by atoms with Gasteiger partial charge in [0.25, 0.3) is 0 Å². The van der Waals surface area contributed by atoms with Gasteiger partial charge in [-0.15, -0.1) is 40.8 Å². The van der Waals surface area contributed by atoms with Gasteiger partial charge in [-0.3, -0.25) is 0 Å². The highest BCUT2D eigenvalue weighted by Crippen LogP contribution is 2.71. The van der Waals surface area contributed by atoms with Crippen LogP contribution in [0.15, 0.2) is 73.9 Å². The van der Waals surface area contributed by atoms with Gasteiger partial charge < -0.3 is 25.2 Å². The molecule has 0 aromatic carbocycles. The summed E-state index contributed by atoms with van der Waals surface area (Å²) in [5, 5.41) is 91.6. The van der Waals surface area contributed by atoms with E-state index in [4.69, 9.17) is 4.74 Å². The van der Waals surface area contributed by atoms with E-state index in [0.29, 0.717) is 121 Å². The lowest BCUT2D eigenvalue weighted by atomic mass is 9.48. The molecule has 0 unspecified atom stereocenters. The van der Waals surface area contributed by atoms with Crippen molar-refractivity contribution in [1.82, 2.24) is 80.8 Å². The van der Waals surface area contributed by atoms with Crippen LogP contribution in [0.25, 0.3) is 0 Å². The molecule has 17 aliphatic rings. The number of aromatic nitrogens is 16. The molecule has 0 spiro atoms. The van der Waals surface area contributed by atoms with Crippen LogP contribution in [0.4, 0.5) is 4.39 Å². The van der Waals surface area contributed by atoms with E-state index in [1.807, 2.05) is 0 Å². The van der Waals surface area contributed by atoms with Gasteiger partial charge in [-0.2, -0.15) is 19.2 Å². The predicted molar refractivity (Wildman–Crippen MR) is 454 cm³/mol. The normalized spacial score (nSPS) is 46.2. The van der Waals surface area contributed by atoms with Crippen LogP contribution >= 0.6 is 0 Å². The standard InChI is InChI=1S/C27H38N4O.C24H38N4O2.C23H35FN4O.C23H36N4O/c1-18(16-31-29-17-28-30-31)24-7-8-25-23-6-5-20-15-27(32,13-9-19-3-4-19)14-11-21(20)22(23)10-12-26(24,25)2;1-16(13-28-26-15-25-27-28)21-6-7-22-20-5-4-17-12-24(29,14-30-3)11-9-18(17)19(20)8-10-23(21,22)2;1-15(12-28-26-14-25-27-28)20-5-6-21-19-4-3-16-11-23(29,13-24)10-8-17(16)18(19)7-9-22(20,21)2;1-15(13-27-25-14-24-26-27)20-6-7-21-19-5-4-16-12-22(2,28)10-8-17(16)18(19)9-11-23(20,21)3/h17,19-25,32H,1,3-8,10-12,14-16H2,2H3;15,17-22,29H,1,4-14H2,2-3H3;14,16-21,29H,1,3-13H2,2H3;14,16-21,28H,1,4-13H2,2-3H3/t20-,21-,22+,23+,24+,25-,26+,27+;17-,18-,19+,20+,21+,22-,23+,24+;2*16-,17-,18+,19+,20+,21-,22+,23+/m0000/s1. The van der Waals surface area contributed by atoms with Crippen molar-refractivity contribution in [1.29, 1.82) is 0 Å². The Bertz CT molecular complexity index is 4240. The van der Waals surface area contributed by atoms with Crippen LogP contribution in [0.1, 0.15) is 279 Å². The van der Waals surface area contributed by atoms with Crippen molar-refractivity contribution in [3.05, 3.63) is 73.9 Å². The van der Waals surface area contributed by atoms with E-state index in [1.54, 1.807) is 26.3 Å². The Kier molecular flexibility index (Phi) is 23.7. The molecule has 17 saturated carbocycles. The summed E-state index contributed by atoms with van der Waals surface area (Å²) in [4.78, 5) is 6.71. The van der Waals surface area contributed by atoms with E-state index in [9.17, 15) is 24.8 Å². The Labute approximate surface area is 709 Å². The van der Waals surface area contributed by atoms with Crippen molar-refractivity contribution < 1.29 is 29.6 Å². The number of rotatable bonds is 15. The maximum atomic E-state index is 13.4. The summed E-state index contributed by atoms with van der Waals surface area (Å²) in [6, 6.07) is 0. The Hall–Kier alpha value is -5.47. The number of methoxy groups -OCH3 is 1. The molecule has 119 heavy (non-hydrogen) atoms. The first-order valence-corrected chi connectivity index (χ1v) is 48.2. The maximum Gasteiger partial charge on any atom is 0.162 e. The summed E-state index contributed by atoms with van der Waals surface area (Å²) < 4.78 is 18.7. The first-order chi connectivity index (χ1) is 57.2. The van der Waals surface area contributed by atoms with Crippen LogP contribution in [-0.4, -0.2) is 144 Å². The third kappa shape index (κ3) is 16.3. The summed E-state index contributed by atoms with van der Waals surface area (Å²) >= 11 is 0. The molecule has 17 aliphatic carbocycles. The lowest BCUT2D eigenvalue weighted by molar-refractivity contribution is -0.123. The molecular formula is C97H147FN16O5. The number of allylic oxidation sites excluding steroid dienone is 4. The monoisotopic (exact) mass is 1640 g/mol. The van der Waals surface area contributed by atoms with Gasteiger partial charge in [0.2, 0.25) is 0 Å². The summed E-state index contributed by atoms with van der Waals surface area (Å²) in [5.74, 6) is 25.5. The number of fused-ring (bicyclic) bond motifs is 20. The molecule has 4 aromatic heterocycles. The molecular weight excluding hydrogens is 1490 g/mol. The molecule has 0 amide bonds. The smallest absolute Gasteiger partial charge is 0.162 e. The Balaban J connectivity index is 0.000000109. The van der Waals surface area contributed by atoms with E-state index < -0.39 is 29.1 Å². The largest absolute Gasteiger partial charge is 0.390 e. The zero-order valence-corrected chi connectivity index (χ0v) is 73.4. The third-order valence-corrected chi connectivity index (χ3v) is 39.1. The van der Waals surface area contributed by atoms with Crippen LogP contribution in [-0.2, 0) is 30.9 Å². The molecule has 21 rings (SSSR count). The molecule has 652 valence electrons. The molecule has 4 heterocycles. The highest BCUT2D eigenvalue weighted by Gasteiger charge is 2.64. The number of ether oxygens (including phenoxy) is 1. The number of nitrogens with zero attached hydrogens (tertiary/aromatic N) is 16. The second-order valence-electron chi connectivity index (χ2n) is 45.0. The van der Waals surface area contributed by atoms with Gasteiger partial charge >= 0.3 is 0 Å². The summed E-state index contributed by atoms with van der Waals surface area (Å²) in [7, 11) is 1.71. The molecule has 21 nitrogen and oxygen atoms in total. The van der Waals surface area contributed by atoms with E-state index in [2.05, 4.69) is 134 Å². The van der Waals surface area contributed by atoms with Crippen molar-refractivity contribution in [2.75, 3.05) is 20.4 Å². The summed E-state index contributed by atoms with van der Waals surface area (Å²) in [6.45, 7) is 32.9. The van der Waals surface area contributed by atoms with Gasteiger partial charge in [0.05, 0.1) is 49.6 Å². The first kappa shape index (κ1) is 84.4. The van der Waals surface area contributed by atoms with Crippen molar-refractivity contribution >= 4 is 0 Å². The Morgan fingerprint density at radius 2 is 0.672 bits per heavy atom. The third-order valence-electron chi connectivity index (χ3n) is 39.1. The van der Waals surface area contributed by atoms with E-state index in [1.165, 1.54) is 234 Å². The number of hydrogen-bond donors (Lipinski definition) is 4. The van der Waals surface area contributed by atoms with Crippen LogP contribution in [0.2, 0.25) is 0 Å². The fraction of sp³-hybridized carbons (Fsp3) is 0.856. The number of hydrogen-bond acceptors (Lipinski definition) is 17.